The molecule has 198 valence electrons. The summed E-state index contributed by atoms with van der Waals surface area (Å²) < 4.78 is 45.9. The van der Waals surface area contributed by atoms with Gasteiger partial charge in [0.1, 0.15) is 6.54 Å². The zero-order valence-electron chi connectivity index (χ0n) is 21.0. The van der Waals surface area contributed by atoms with E-state index < -0.39 is 21.9 Å². The van der Waals surface area contributed by atoms with Crippen LogP contribution in [0.2, 0.25) is 0 Å². The SMILES string of the molecule is COC(=O)Cn1c(=NC(=O)c2cccc(NS(=O)(=O)c3ccc(C)cc3)c2)sc2cc(OC)c(OC)cc21. The van der Waals surface area contributed by atoms with Crippen LogP contribution >= 0.6 is 11.3 Å². The Labute approximate surface area is 223 Å². The molecule has 0 fully saturated rings. The maximum absolute atomic E-state index is 13.2. The fourth-order valence-electron chi connectivity index (χ4n) is 3.63. The van der Waals surface area contributed by atoms with E-state index in [1.165, 1.54) is 63.0 Å². The number of aryl methyl sites for hydroxylation is 1. The van der Waals surface area contributed by atoms with Gasteiger partial charge in [0.05, 0.1) is 36.4 Å². The summed E-state index contributed by atoms with van der Waals surface area (Å²) in [6.07, 6.45) is 0. The first-order chi connectivity index (χ1) is 18.1. The summed E-state index contributed by atoms with van der Waals surface area (Å²) in [6.45, 7) is 1.68. The van der Waals surface area contributed by atoms with Crippen molar-refractivity contribution in [2.24, 2.45) is 4.99 Å². The molecule has 0 radical (unpaired) electrons. The predicted octanol–water partition coefficient (Wildman–Crippen LogP) is 3.74. The first-order valence-electron chi connectivity index (χ1n) is 11.3. The van der Waals surface area contributed by atoms with Crippen molar-refractivity contribution >= 4 is 49.1 Å². The molecule has 0 saturated carbocycles. The Bertz CT molecular complexity index is 1690. The Morgan fingerprint density at radius 3 is 2.32 bits per heavy atom. The Morgan fingerprint density at radius 1 is 0.974 bits per heavy atom. The number of carbonyl (C=O) groups excluding carboxylic acids is 2. The van der Waals surface area contributed by atoms with Crippen LogP contribution in [0.3, 0.4) is 0 Å². The smallest absolute Gasteiger partial charge is 0.325 e. The number of fused-ring (bicyclic) bond motifs is 1. The third-order valence-corrected chi connectivity index (χ3v) is 8.03. The number of benzene rings is 3. The Hall–Kier alpha value is -4.16. The molecule has 1 N–H and O–H groups in total. The number of nitrogens with one attached hydrogen (secondary N) is 1. The molecule has 1 aromatic heterocycles. The number of aromatic nitrogens is 1. The highest BCUT2D eigenvalue weighted by atomic mass is 32.2. The lowest BCUT2D eigenvalue weighted by molar-refractivity contribution is -0.141. The topological polar surface area (TPSA) is 125 Å². The van der Waals surface area contributed by atoms with Crippen molar-refractivity contribution in [3.8, 4) is 11.5 Å². The molecular weight excluding hydrogens is 530 g/mol. The molecule has 4 rings (SSSR count). The highest BCUT2D eigenvalue weighted by Gasteiger charge is 2.18. The molecule has 0 spiro atoms. The van der Waals surface area contributed by atoms with Crippen molar-refractivity contribution in [2.75, 3.05) is 26.1 Å². The van der Waals surface area contributed by atoms with Crippen LogP contribution in [0, 0.1) is 6.92 Å². The molecule has 0 aliphatic carbocycles. The maximum Gasteiger partial charge on any atom is 0.325 e. The van der Waals surface area contributed by atoms with Crippen LogP contribution in [-0.4, -0.2) is 46.2 Å². The van der Waals surface area contributed by atoms with Crippen molar-refractivity contribution in [3.05, 3.63) is 76.6 Å². The molecule has 1 amide bonds. The number of hydrogen-bond acceptors (Lipinski definition) is 8. The van der Waals surface area contributed by atoms with Crippen LogP contribution < -0.4 is 19.0 Å². The number of hydrogen-bond donors (Lipinski definition) is 1. The van der Waals surface area contributed by atoms with Gasteiger partial charge in [0.2, 0.25) is 0 Å². The molecule has 12 heteroatoms. The number of carbonyl (C=O) groups is 2. The number of amides is 1. The summed E-state index contributed by atoms with van der Waals surface area (Å²) >= 11 is 1.18. The molecule has 4 aromatic rings. The third-order valence-electron chi connectivity index (χ3n) is 5.59. The number of methoxy groups -OCH3 is 3. The zero-order chi connectivity index (χ0) is 27.4. The second-order valence-electron chi connectivity index (χ2n) is 8.14. The molecule has 1 heterocycles. The number of ether oxygens (including phenoxy) is 3. The van der Waals surface area contributed by atoms with E-state index in [1.54, 1.807) is 34.9 Å². The summed E-state index contributed by atoms with van der Waals surface area (Å²) in [7, 11) is 0.420. The lowest BCUT2D eigenvalue weighted by Crippen LogP contribution is -2.22. The minimum absolute atomic E-state index is 0.101. The van der Waals surface area contributed by atoms with Crippen molar-refractivity contribution in [3.63, 3.8) is 0 Å². The highest BCUT2D eigenvalue weighted by molar-refractivity contribution is 7.92. The van der Waals surface area contributed by atoms with Gasteiger partial charge in [-0.1, -0.05) is 35.1 Å². The monoisotopic (exact) mass is 555 g/mol. The lowest BCUT2D eigenvalue weighted by atomic mass is 10.2. The summed E-state index contributed by atoms with van der Waals surface area (Å²) in [4.78, 5) is 29.9. The van der Waals surface area contributed by atoms with Gasteiger partial charge in [0.15, 0.2) is 16.3 Å². The largest absolute Gasteiger partial charge is 0.493 e. The van der Waals surface area contributed by atoms with E-state index in [2.05, 4.69) is 9.71 Å². The average Bonchev–Trinajstić information content (AvgIpc) is 3.23. The maximum atomic E-state index is 13.2. The van der Waals surface area contributed by atoms with Crippen molar-refractivity contribution in [2.45, 2.75) is 18.4 Å². The van der Waals surface area contributed by atoms with Crippen molar-refractivity contribution < 1.29 is 32.2 Å². The molecule has 0 bridgehead atoms. The van der Waals surface area contributed by atoms with Gasteiger partial charge >= 0.3 is 5.97 Å². The highest BCUT2D eigenvalue weighted by Crippen LogP contribution is 2.33. The fraction of sp³-hybridized carbons (Fsp3) is 0.192. The predicted molar refractivity (Wildman–Crippen MR) is 143 cm³/mol. The summed E-state index contributed by atoms with van der Waals surface area (Å²) in [5.41, 5.74) is 1.90. The first-order valence-corrected chi connectivity index (χ1v) is 13.6. The average molecular weight is 556 g/mol. The number of esters is 1. The van der Waals surface area contributed by atoms with Crippen LogP contribution in [0.1, 0.15) is 15.9 Å². The summed E-state index contributed by atoms with van der Waals surface area (Å²) in [5, 5.41) is 0. The van der Waals surface area contributed by atoms with E-state index >= 15 is 0 Å². The van der Waals surface area contributed by atoms with Gasteiger partial charge in [-0.3, -0.25) is 14.3 Å². The fourth-order valence-corrected chi connectivity index (χ4v) is 5.71. The van der Waals surface area contributed by atoms with E-state index in [1.807, 2.05) is 6.92 Å². The normalized spacial score (nSPS) is 11.8. The van der Waals surface area contributed by atoms with Crippen molar-refractivity contribution in [1.29, 1.82) is 0 Å². The van der Waals surface area contributed by atoms with E-state index in [0.29, 0.717) is 21.7 Å². The van der Waals surface area contributed by atoms with Crippen molar-refractivity contribution in [1.82, 2.24) is 4.57 Å². The van der Waals surface area contributed by atoms with E-state index in [-0.39, 0.29) is 27.5 Å². The van der Waals surface area contributed by atoms with Gasteiger partial charge in [-0.2, -0.15) is 4.99 Å². The second-order valence-corrected chi connectivity index (χ2v) is 10.8. The van der Waals surface area contributed by atoms with Crippen LogP contribution in [0.4, 0.5) is 5.69 Å². The number of rotatable bonds is 8. The van der Waals surface area contributed by atoms with Crippen LogP contribution in [0.15, 0.2) is 70.6 Å². The third kappa shape index (κ3) is 5.71. The van der Waals surface area contributed by atoms with Gasteiger partial charge in [-0.25, -0.2) is 8.42 Å². The van der Waals surface area contributed by atoms with Gasteiger partial charge in [0, 0.05) is 23.4 Å². The van der Waals surface area contributed by atoms with Crippen LogP contribution in [0.25, 0.3) is 10.2 Å². The molecular formula is C26H25N3O7S2. The molecule has 3 aromatic carbocycles. The van der Waals surface area contributed by atoms with E-state index in [4.69, 9.17) is 14.2 Å². The first kappa shape index (κ1) is 26.9. The second kappa shape index (κ2) is 11.1. The minimum atomic E-state index is -3.85. The molecule has 10 nitrogen and oxygen atoms in total. The Morgan fingerprint density at radius 2 is 1.66 bits per heavy atom. The van der Waals surface area contributed by atoms with Gasteiger partial charge in [0.25, 0.3) is 15.9 Å². The van der Waals surface area contributed by atoms with Gasteiger partial charge in [-0.05, 0) is 37.3 Å². The van der Waals surface area contributed by atoms with Crippen LogP contribution in [0.5, 0.6) is 11.5 Å². The molecule has 0 saturated heterocycles. The molecule has 0 aliphatic rings. The van der Waals surface area contributed by atoms with Crippen LogP contribution in [-0.2, 0) is 26.1 Å². The van der Waals surface area contributed by atoms with Gasteiger partial charge < -0.3 is 18.8 Å². The molecule has 0 aliphatic heterocycles. The molecule has 0 unspecified atom stereocenters. The Kier molecular flexibility index (Phi) is 7.83. The quantitative estimate of drug-likeness (QED) is 0.328. The van der Waals surface area contributed by atoms with E-state index in [0.717, 1.165) is 5.56 Å². The Balaban J connectivity index is 1.73. The standard InChI is InChI=1S/C26H25N3O7S2/c1-16-8-10-19(11-9-16)38(32,33)28-18-7-5-6-17(12-18)25(31)27-26-29(15-24(30)36-4)20-13-21(34-2)22(35-3)14-23(20)37-26/h5-14,28H,15H2,1-4H3. The number of thiazole rings is 1. The molecule has 38 heavy (non-hydrogen) atoms. The van der Waals surface area contributed by atoms with E-state index in [9.17, 15) is 18.0 Å². The summed E-state index contributed by atoms with van der Waals surface area (Å²) in [5.74, 6) is -0.216. The lowest BCUT2D eigenvalue weighted by Gasteiger charge is -2.09. The van der Waals surface area contributed by atoms with Gasteiger partial charge in [-0.15, -0.1) is 0 Å². The minimum Gasteiger partial charge on any atom is -0.493 e. The zero-order valence-corrected chi connectivity index (χ0v) is 22.7. The summed E-state index contributed by atoms with van der Waals surface area (Å²) in [6, 6.07) is 15.9. The number of anilines is 1. The number of sulfonamides is 1. The molecule has 0 atom stereocenters. The number of nitrogens with zero attached hydrogens (tertiary/aromatic N) is 2.